The molecule has 0 radical (unpaired) electrons. The van der Waals surface area contributed by atoms with Crippen LogP contribution in [-0.2, 0) is 11.2 Å². The largest absolute Gasteiger partial charge is 0.480 e. The lowest BCUT2D eigenvalue weighted by Gasteiger charge is -2.12. The Balaban J connectivity index is 1.55. The minimum absolute atomic E-state index is 0.184. The van der Waals surface area contributed by atoms with Crippen LogP contribution in [0.2, 0.25) is 5.02 Å². The lowest BCUT2D eigenvalue weighted by Crippen LogP contribution is -2.31. The Kier molecular flexibility index (Phi) is 4.17. The van der Waals surface area contributed by atoms with E-state index >= 15 is 0 Å². The van der Waals surface area contributed by atoms with E-state index in [9.17, 15) is 4.79 Å². The number of hydrogen-bond acceptors (Lipinski definition) is 3. The molecule has 1 aliphatic rings. The minimum Gasteiger partial charge on any atom is -0.480 e. The van der Waals surface area contributed by atoms with Gasteiger partial charge in [0.1, 0.15) is 5.75 Å². The second kappa shape index (κ2) is 6.50. The number of benzene rings is 2. The third-order valence-corrected chi connectivity index (χ3v) is 4.76. The van der Waals surface area contributed by atoms with Crippen molar-refractivity contribution in [3.63, 3.8) is 0 Å². The molecule has 1 amide bonds. The second-order valence-corrected chi connectivity index (χ2v) is 6.78. The first-order valence-electron chi connectivity index (χ1n) is 8.40. The van der Waals surface area contributed by atoms with Crippen molar-refractivity contribution in [3.05, 3.63) is 70.5 Å². The van der Waals surface area contributed by atoms with Crippen LogP contribution in [0.5, 0.6) is 5.75 Å². The summed E-state index contributed by atoms with van der Waals surface area (Å²) in [6.45, 7) is 3.82. The van der Waals surface area contributed by atoms with Crippen LogP contribution in [0.4, 0.5) is 5.69 Å². The maximum Gasteiger partial charge on any atom is 0.265 e. The van der Waals surface area contributed by atoms with Crippen LogP contribution < -0.4 is 10.1 Å². The van der Waals surface area contributed by atoms with E-state index in [4.69, 9.17) is 16.3 Å². The molecule has 3 aromatic rings. The first kappa shape index (κ1) is 16.7. The van der Waals surface area contributed by atoms with E-state index in [1.807, 2.05) is 54.9 Å². The standard InChI is InChI=1S/C20H18ClN3O2/c1-12-19(13(2)24(23-12)16-6-4-3-5-7-16)22-20(25)18-11-14-10-15(21)8-9-17(14)26-18/h3-10,18H,11H2,1-2H3,(H,22,25)/t18-/m0/s1. The number of carbonyl (C=O) groups excluding carboxylic acids is 1. The molecular formula is C20H18ClN3O2. The number of carbonyl (C=O) groups is 1. The Bertz CT molecular complexity index is 982. The fraction of sp³-hybridized carbons (Fsp3) is 0.200. The van der Waals surface area contributed by atoms with Gasteiger partial charge in [-0.15, -0.1) is 0 Å². The average molecular weight is 368 g/mol. The topological polar surface area (TPSA) is 56.2 Å². The van der Waals surface area contributed by atoms with Gasteiger partial charge in [-0.2, -0.15) is 5.10 Å². The zero-order valence-corrected chi connectivity index (χ0v) is 15.2. The highest BCUT2D eigenvalue weighted by molar-refractivity contribution is 6.30. The van der Waals surface area contributed by atoms with Gasteiger partial charge in [-0.05, 0) is 49.7 Å². The summed E-state index contributed by atoms with van der Waals surface area (Å²) in [5, 5.41) is 8.18. The molecule has 0 bridgehead atoms. The SMILES string of the molecule is Cc1nn(-c2ccccc2)c(C)c1NC(=O)[C@@H]1Cc2cc(Cl)ccc2O1. The van der Waals surface area contributed by atoms with E-state index < -0.39 is 6.10 Å². The lowest BCUT2D eigenvalue weighted by atomic mass is 10.1. The van der Waals surface area contributed by atoms with Crippen molar-refractivity contribution in [1.82, 2.24) is 9.78 Å². The van der Waals surface area contributed by atoms with Crippen LogP contribution in [0.15, 0.2) is 48.5 Å². The third kappa shape index (κ3) is 2.95. The van der Waals surface area contributed by atoms with Gasteiger partial charge >= 0.3 is 0 Å². The Morgan fingerprint density at radius 1 is 1.23 bits per heavy atom. The van der Waals surface area contributed by atoms with E-state index in [1.165, 1.54) is 0 Å². The number of hydrogen-bond donors (Lipinski definition) is 1. The molecule has 5 nitrogen and oxygen atoms in total. The van der Waals surface area contributed by atoms with Crippen LogP contribution >= 0.6 is 11.6 Å². The summed E-state index contributed by atoms with van der Waals surface area (Å²) >= 11 is 6.02. The van der Waals surface area contributed by atoms with Crippen LogP contribution in [-0.4, -0.2) is 21.8 Å². The number of anilines is 1. The zero-order valence-electron chi connectivity index (χ0n) is 14.5. The normalized spacial score (nSPS) is 15.4. The monoisotopic (exact) mass is 367 g/mol. The summed E-state index contributed by atoms with van der Waals surface area (Å²) < 4.78 is 7.60. The highest BCUT2D eigenvalue weighted by Gasteiger charge is 2.30. The number of amides is 1. The van der Waals surface area contributed by atoms with E-state index in [-0.39, 0.29) is 5.91 Å². The average Bonchev–Trinajstić information content (AvgIpc) is 3.18. The molecule has 1 aromatic heterocycles. The van der Waals surface area contributed by atoms with Gasteiger partial charge in [0.2, 0.25) is 0 Å². The highest BCUT2D eigenvalue weighted by atomic mass is 35.5. The summed E-state index contributed by atoms with van der Waals surface area (Å²) in [7, 11) is 0. The number of halogens is 1. The maximum absolute atomic E-state index is 12.7. The Hall–Kier alpha value is -2.79. The number of aromatic nitrogens is 2. The molecule has 0 fully saturated rings. The van der Waals surface area contributed by atoms with Crippen molar-refractivity contribution in [2.75, 3.05) is 5.32 Å². The van der Waals surface area contributed by atoms with Gasteiger partial charge in [-0.3, -0.25) is 4.79 Å². The summed E-state index contributed by atoms with van der Waals surface area (Å²) in [6, 6.07) is 15.2. The molecule has 0 saturated heterocycles. The Labute approximate surface area is 156 Å². The number of para-hydroxylation sites is 1. The third-order valence-electron chi connectivity index (χ3n) is 4.53. The van der Waals surface area contributed by atoms with Crippen LogP contribution in [0.25, 0.3) is 5.69 Å². The van der Waals surface area contributed by atoms with Gasteiger partial charge in [-0.25, -0.2) is 4.68 Å². The van der Waals surface area contributed by atoms with Crippen molar-refractivity contribution >= 4 is 23.2 Å². The summed E-state index contributed by atoms with van der Waals surface area (Å²) in [5.41, 5.74) is 4.26. The van der Waals surface area contributed by atoms with Gasteiger partial charge in [0, 0.05) is 11.4 Å². The van der Waals surface area contributed by atoms with Gasteiger partial charge in [0.05, 0.1) is 22.8 Å². The Morgan fingerprint density at radius 3 is 2.77 bits per heavy atom. The number of rotatable bonds is 3. The molecule has 1 N–H and O–H groups in total. The van der Waals surface area contributed by atoms with Gasteiger partial charge in [0.15, 0.2) is 6.10 Å². The molecule has 2 aromatic carbocycles. The zero-order chi connectivity index (χ0) is 18.3. The van der Waals surface area contributed by atoms with E-state index in [1.54, 1.807) is 12.1 Å². The molecule has 0 saturated carbocycles. The summed E-state index contributed by atoms with van der Waals surface area (Å²) in [6.07, 6.45) is -0.0607. The van der Waals surface area contributed by atoms with Gasteiger partial charge in [0.25, 0.3) is 5.91 Å². The number of aryl methyl sites for hydroxylation is 1. The van der Waals surface area contributed by atoms with E-state index in [0.717, 1.165) is 28.3 Å². The molecule has 26 heavy (non-hydrogen) atoms. The molecular weight excluding hydrogens is 350 g/mol. The van der Waals surface area contributed by atoms with Crippen LogP contribution in [0.1, 0.15) is 17.0 Å². The maximum atomic E-state index is 12.7. The summed E-state index contributed by atoms with van der Waals surface area (Å²) in [4.78, 5) is 12.7. The van der Waals surface area contributed by atoms with Crippen LogP contribution in [0.3, 0.4) is 0 Å². The first-order valence-corrected chi connectivity index (χ1v) is 8.78. The molecule has 6 heteroatoms. The quantitative estimate of drug-likeness (QED) is 0.758. The van der Waals surface area contributed by atoms with Crippen molar-refractivity contribution in [2.45, 2.75) is 26.4 Å². The van der Waals surface area contributed by atoms with Gasteiger partial charge < -0.3 is 10.1 Å². The summed E-state index contributed by atoms with van der Waals surface area (Å²) in [5.74, 6) is 0.527. The van der Waals surface area contributed by atoms with Crippen molar-refractivity contribution < 1.29 is 9.53 Å². The molecule has 2 heterocycles. The van der Waals surface area contributed by atoms with Crippen molar-refractivity contribution in [3.8, 4) is 11.4 Å². The molecule has 0 unspecified atom stereocenters. The molecule has 1 aliphatic heterocycles. The van der Waals surface area contributed by atoms with E-state index in [0.29, 0.717) is 17.2 Å². The Morgan fingerprint density at radius 2 is 2.00 bits per heavy atom. The van der Waals surface area contributed by atoms with E-state index in [2.05, 4.69) is 10.4 Å². The number of ether oxygens (including phenoxy) is 1. The molecule has 0 aliphatic carbocycles. The second-order valence-electron chi connectivity index (χ2n) is 6.35. The van der Waals surface area contributed by atoms with Crippen molar-refractivity contribution in [1.29, 1.82) is 0 Å². The smallest absolute Gasteiger partial charge is 0.265 e. The molecule has 132 valence electrons. The lowest BCUT2D eigenvalue weighted by molar-refractivity contribution is -0.122. The molecule has 4 rings (SSSR count). The fourth-order valence-corrected chi connectivity index (χ4v) is 3.41. The predicted octanol–water partition coefficient (Wildman–Crippen LogP) is 4.08. The fourth-order valence-electron chi connectivity index (χ4n) is 3.21. The van der Waals surface area contributed by atoms with Gasteiger partial charge in [-0.1, -0.05) is 29.8 Å². The number of nitrogens with one attached hydrogen (secondary N) is 1. The highest BCUT2D eigenvalue weighted by Crippen LogP contribution is 2.32. The molecule has 1 atom stereocenters. The number of fused-ring (bicyclic) bond motifs is 1. The van der Waals surface area contributed by atoms with Crippen molar-refractivity contribution in [2.24, 2.45) is 0 Å². The first-order chi connectivity index (χ1) is 12.5. The predicted molar refractivity (Wildman–Crippen MR) is 101 cm³/mol. The number of nitrogens with zero attached hydrogens (tertiary/aromatic N) is 2. The molecule has 0 spiro atoms. The minimum atomic E-state index is -0.567. The van der Waals surface area contributed by atoms with Crippen LogP contribution in [0, 0.1) is 13.8 Å².